The number of ether oxygens (including phenoxy) is 4. The first-order valence-electron chi connectivity index (χ1n) is 31.8. The van der Waals surface area contributed by atoms with Gasteiger partial charge in [-0.1, -0.05) is 159 Å². The summed E-state index contributed by atoms with van der Waals surface area (Å²) < 4.78 is 27.5. The van der Waals surface area contributed by atoms with E-state index in [0.717, 1.165) is 110 Å². The molecular formula is C80H72N6O6. The van der Waals surface area contributed by atoms with Gasteiger partial charge in [-0.2, -0.15) is 0 Å². The summed E-state index contributed by atoms with van der Waals surface area (Å²) in [6, 6.07) is 85.9. The van der Waals surface area contributed by atoms with E-state index < -0.39 is 11.9 Å². The Morgan fingerprint density at radius 1 is 0.359 bits per heavy atom. The van der Waals surface area contributed by atoms with Crippen molar-refractivity contribution in [1.29, 1.82) is 0 Å². The number of para-hydroxylation sites is 6. The molecule has 0 N–H and O–H groups in total. The van der Waals surface area contributed by atoms with E-state index in [4.69, 9.17) is 18.9 Å². The van der Waals surface area contributed by atoms with Crippen molar-refractivity contribution in [3.8, 4) is 33.8 Å². The smallest absolute Gasteiger partial charge is 0.360 e. The van der Waals surface area contributed by atoms with Crippen LogP contribution in [0.5, 0.6) is 11.5 Å². The van der Waals surface area contributed by atoms with Gasteiger partial charge in [0.1, 0.15) is 0 Å². The Morgan fingerprint density at radius 2 is 0.685 bits per heavy atom. The fourth-order valence-electron chi connectivity index (χ4n) is 13.0. The molecule has 9 aromatic carbocycles. The van der Waals surface area contributed by atoms with E-state index in [-0.39, 0.29) is 11.4 Å². The number of anilines is 6. The molecule has 4 aromatic heterocycles. The highest BCUT2D eigenvalue weighted by molar-refractivity contribution is 6.32. The quantitative estimate of drug-likeness (QED) is 0.0384. The van der Waals surface area contributed by atoms with Crippen LogP contribution in [0.3, 0.4) is 0 Å². The van der Waals surface area contributed by atoms with Crippen molar-refractivity contribution >= 4 is 89.7 Å². The van der Waals surface area contributed by atoms with E-state index in [9.17, 15) is 9.59 Å². The summed E-state index contributed by atoms with van der Waals surface area (Å²) in [6.07, 6.45) is 10.4. The maximum absolute atomic E-state index is 12.5. The number of aromatic nitrogens is 4. The first-order chi connectivity index (χ1) is 45.5. The number of pyridine rings is 2. The molecule has 13 aromatic rings. The molecule has 0 saturated heterocycles. The number of esters is 2. The lowest BCUT2D eigenvalue weighted by atomic mass is 9.89. The zero-order valence-corrected chi connectivity index (χ0v) is 51.9. The number of methoxy groups -OCH3 is 2. The van der Waals surface area contributed by atoms with E-state index >= 15 is 0 Å². The number of aryl methyl sites for hydroxylation is 2. The van der Waals surface area contributed by atoms with Gasteiger partial charge in [0.2, 0.25) is 0 Å². The summed E-state index contributed by atoms with van der Waals surface area (Å²) in [5.41, 5.74) is 16.2. The average molecular weight is 1210 g/mol. The van der Waals surface area contributed by atoms with Crippen LogP contribution in [-0.2, 0) is 22.6 Å². The Hall–Kier alpha value is -11.0. The Morgan fingerprint density at radius 3 is 1.04 bits per heavy atom. The summed E-state index contributed by atoms with van der Waals surface area (Å²) >= 11 is 0. The van der Waals surface area contributed by atoms with Crippen molar-refractivity contribution in [3.63, 3.8) is 0 Å². The molecule has 13 rings (SSSR count). The zero-order chi connectivity index (χ0) is 62.6. The molecule has 0 amide bonds. The summed E-state index contributed by atoms with van der Waals surface area (Å²) in [5, 5.41) is 4.82. The molecule has 0 bridgehead atoms. The fraction of sp³-hybridized carbons (Fsp3) is 0.175. The second-order valence-corrected chi connectivity index (χ2v) is 22.9. The number of benzene rings is 9. The fourth-order valence-corrected chi connectivity index (χ4v) is 13.0. The Bertz CT molecular complexity index is 4270. The number of fused-ring (bicyclic) bond motifs is 6. The van der Waals surface area contributed by atoms with Gasteiger partial charge in [-0.15, -0.1) is 0 Å². The standard InChI is InChI=1S/C80H72N6O6/c1-89-79(87)75-69(41-27-51-81-75)91-55-25-5-3-23-53-83-67-39-21-19-37-65(67)73-72(58-45-49-64(50-46-58)86(61-33-15-9-16-34-61)62-35-17-10-18-36-62)78-74(71(77(73)83)57-43-47-63(48-44-57)85(59-29-11-7-12-30-59)60-31-13-8-14-32-60)66-38-20-22-40-68(66)84(78)54-24-4-6-26-56-92-70-42-28-52-82-76(70)80(88)90-2/h7-22,27-52H,3-6,23-26,53-56H2,1-2H3. The summed E-state index contributed by atoms with van der Waals surface area (Å²) in [7, 11) is 2.71. The van der Waals surface area contributed by atoms with Crippen molar-refractivity contribution in [1.82, 2.24) is 19.1 Å². The van der Waals surface area contributed by atoms with E-state index in [1.54, 1.807) is 36.7 Å². The van der Waals surface area contributed by atoms with Crippen LogP contribution in [0.1, 0.15) is 72.3 Å². The van der Waals surface area contributed by atoms with Crippen LogP contribution < -0.4 is 19.3 Å². The van der Waals surface area contributed by atoms with Gasteiger partial charge in [-0.05, 0) is 146 Å². The van der Waals surface area contributed by atoms with Crippen LogP contribution in [0.4, 0.5) is 34.1 Å². The lowest BCUT2D eigenvalue weighted by Crippen LogP contribution is -2.09. The maximum Gasteiger partial charge on any atom is 0.360 e. The lowest BCUT2D eigenvalue weighted by molar-refractivity contribution is 0.0579. The second kappa shape index (κ2) is 28.2. The van der Waals surface area contributed by atoms with Gasteiger partial charge < -0.3 is 37.9 Å². The molecular weight excluding hydrogens is 1140 g/mol. The van der Waals surface area contributed by atoms with E-state index in [2.05, 4.69) is 247 Å². The van der Waals surface area contributed by atoms with Gasteiger partial charge in [0.05, 0.1) is 38.5 Å². The molecule has 0 atom stereocenters. The minimum atomic E-state index is -0.516. The number of hydrogen-bond donors (Lipinski definition) is 0. The van der Waals surface area contributed by atoms with Gasteiger partial charge in [-0.25, -0.2) is 19.6 Å². The molecule has 92 heavy (non-hydrogen) atoms. The third kappa shape index (κ3) is 12.4. The number of carbonyl (C=O) groups is 2. The average Bonchev–Trinajstić information content (AvgIpc) is 1.52. The van der Waals surface area contributed by atoms with Gasteiger partial charge in [0, 0.05) is 103 Å². The number of carbonyl (C=O) groups excluding carboxylic acids is 2. The predicted molar refractivity (Wildman–Crippen MR) is 372 cm³/mol. The van der Waals surface area contributed by atoms with Gasteiger partial charge in [0.15, 0.2) is 22.9 Å². The van der Waals surface area contributed by atoms with Crippen molar-refractivity contribution in [2.24, 2.45) is 0 Å². The molecule has 0 saturated carbocycles. The van der Waals surface area contributed by atoms with Crippen molar-refractivity contribution in [2.75, 3.05) is 37.2 Å². The molecule has 0 spiro atoms. The molecule has 12 heteroatoms. The molecule has 0 unspecified atom stereocenters. The molecule has 458 valence electrons. The molecule has 0 radical (unpaired) electrons. The molecule has 0 fully saturated rings. The number of rotatable bonds is 26. The molecule has 4 heterocycles. The summed E-state index contributed by atoms with van der Waals surface area (Å²) in [6.45, 7) is 2.47. The zero-order valence-electron chi connectivity index (χ0n) is 51.9. The first kappa shape index (κ1) is 60.0. The highest BCUT2D eigenvalue weighted by atomic mass is 16.5. The highest BCUT2D eigenvalue weighted by Gasteiger charge is 2.29. The van der Waals surface area contributed by atoms with Crippen LogP contribution in [0, 0.1) is 0 Å². The Kier molecular flexibility index (Phi) is 18.4. The minimum Gasteiger partial charge on any atom is -0.491 e. The SMILES string of the molecule is COC(=O)c1ncccc1OCCCCCCn1c2ccccc2c2c(-c3ccc(N(c4ccccc4)c4ccccc4)cc3)c3c(c(-c4ccc(N(c5ccccc5)c5ccccc5)cc4)c21)c1ccccc1n3CCCCCCOc1cccnc1C(=O)OC. The van der Waals surface area contributed by atoms with Crippen LogP contribution in [0.15, 0.2) is 255 Å². The molecule has 0 aliphatic heterocycles. The minimum absolute atomic E-state index is 0.183. The van der Waals surface area contributed by atoms with Gasteiger partial charge in [-0.3, -0.25) is 0 Å². The summed E-state index contributed by atoms with van der Waals surface area (Å²) in [4.78, 5) is 38.1. The lowest BCUT2D eigenvalue weighted by Gasteiger charge is -2.26. The molecule has 12 nitrogen and oxygen atoms in total. The second-order valence-electron chi connectivity index (χ2n) is 22.9. The highest BCUT2D eigenvalue weighted by Crippen LogP contribution is 2.52. The normalized spacial score (nSPS) is 11.3. The van der Waals surface area contributed by atoms with Crippen LogP contribution in [-0.4, -0.2) is 58.5 Å². The molecule has 0 aliphatic rings. The summed E-state index contributed by atoms with van der Waals surface area (Å²) in [5.74, 6) is -0.168. The largest absolute Gasteiger partial charge is 0.491 e. The van der Waals surface area contributed by atoms with E-state index in [1.165, 1.54) is 69.0 Å². The Balaban J connectivity index is 0.957. The number of unbranched alkanes of at least 4 members (excludes halogenated alkanes) is 6. The van der Waals surface area contributed by atoms with Crippen molar-refractivity contribution < 1.29 is 28.5 Å². The number of hydrogen-bond acceptors (Lipinski definition) is 10. The van der Waals surface area contributed by atoms with Gasteiger partial charge >= 0.3 is 11.9 Å². The van der Waals surface area contributed by atoms with Crippen LogP contribution in [0.25, 0.3) is 65.9 Å². The first-order valence-corrected chi connectivity index (χ1v) is 31.8. The third-order valence-electron chi connectivity index (χ3n) is 17.2. The van der Waals surface area contributed by atoms with Crippen LogP contribution >= 0.6 is 0 Å². The van der Waals surface area contributed by atoms with Crippen molar-refractivity contribution in [2.45, 2.75) is 64.5 Å². The third-order valence-corrected chi connectivity index (χ3v) is 17.2. The Labute approximate surface area is 536 Å². The van der Waals surface area contributed by atoms with Crippen LogP contribution in [0.2, 0.25) is 0 Å². The molecule has 0 aliphatic carbocycles. The van der Waals surface area contributed by atoms with E-state index in [1.807, 2.05) is 0 Å². The monoisotopic (exact) mass is 1210 g/mol. The van der Waals surface area contributed by atoms with Crippen molar-refractivity contribution in [3.05, 3.63) is 266 Å². The predicted octanol–water partition coefficient (Wildman–Crippen LogP) is 19.8. The topological polar surface area (TPSA) is 113 Å². The van der Waals surface area contributed by atoms with Gasteiger partial charge in [0.25, 0.3) is 0 Å². The van der Waals surface area contributed by atoms with E-state index in [0.29, 0.717) is 24.7 Å². The number of nitrogens with zero attached hydrogens (tertiary/aromatic N) is 6. The maximum atomic E-state index is 12.5.